The van der Waals surface area contributed by atoms with E-state index in [1.54, 1.807) is 0 Å². The van der Waals surface area contributed by atoms with Crippen molar-refractivity contribution in [2.24, 2.45) is 0 Å². The van der Waals surface area contributed by atoms with E-state index in [4.69, 9.17) is 0 Å². The van der Waals surface area contributed by atoms with E-state index in [1.807, 2.05) is 0 Å². The van der Waals surface area contributed by atoms with E-state index in [-0.39, 0.29) is 188 Å². The van der Waals surface area contributed by atoms with Gasteiger partial charge in [0.25, 0.3) is 0 Å². The summed E-state index contributed by atoms with van der Waals surface area (Å²) in [5.74, 6) is 0. The van der Waals surface area contributed by atoms with E-state index in [2.05, 4.69) is 0 Å². The molecule has 0 unspecified atom stereocenters. The Kier molecular flexibility index (Phi) is 673. The summed E-state index contributed by atoms with van der Waals surface area (Å²) in [6.07, 6.45) is 0. The van der Waals surface area contributed by atoms with Crippen molar-refractivity contribution >= 4 is 113 Å². The molecule has 0 bridgehead atoms. The van der Waals surface area contributed by atoms with Gasteiger partial charge in [-0.3, -0.25) is 0 Å². The summed E-state index contributed by atoms with van der Waals surface area (Å²) in [6.45, 7) is 0. The average Bonchev–Trinajstić information content (AvgIpc) is 0. The second-order valence-electron chi connectivity index (χ2n) is 0. The zero-order chi connectivity index (χ0) is 0. The molecule has 9 heteroatoms. The fourth-order valence-electron chi connectivity index (χ4n) is 0. The maximum Gasteiger partial charge on any atom is 2.00 e. The second-order valence-corrected chi connectivity index (χ2v) is 0. The van der Waals surface area contributed by atoms with Crippen LogP contribution in [0.1, 0.15) is 0 Å². The molecule has 0 atom stereocenters. The summed E-state index contributed by atoms with van der Waals surface area (Å²) in [4.78, 5) is 0. The molecule has 0 aliphatic carbocycles. The van der Waals surface area contributed by atoms with E-state index < -0.39 is 0 Å². The molecule has 0 aliphatic rings. The Balaban J connectivity index is 0. The molecule has 0 fully saturated rings. The minimum Gasteiger partial charge on any atom is -1.00 e. The first-order valence-corrected chi connectivity index (χ1v) is 0. The molecule has 9 heavy (non-hydrogen) atoms. The molecule has 0 aromatic rings. The molecule has 48 valence electrons. The maximum atomic E-state index is 0. The van der Waals surface area contributed by atoms with Gasteiger partial charge in [-0.15, -0.1) is 0 Å². The van der Waals surface area contributed by atoms with Gasteiger partial charge in [0.05, 0.1) is 0 Å². The Labute approximate surface area is 183 Å². The summed E-state index contributed by atoms with van der Waals surface area (Å²) < 4.78 is 0. The van der Waals surface area contributed by atoms with Gasteiger partial charge in [0.2, 0.25) is 0 Å². The molecule has 0 N–H and O–H groups in total. The Morgan fingerprint density at radius 3 is 0.222 bits per heavy atom. The van der Waals surface area contributed by atoms with Crippen molar-refractivity contribution < 1.29 is 74.4 Å². The van der Waals surface area contributed by atoms with E-state index in [0.717, 1.165) is 0 Å². The largest absolute Gasteiger partial charge is 2.00 e. The zero-order valence-electron chi connectivity index (χ0n) is 4.39. The van der Waals surface area contributed by atoms with Crippen LogP contribution in [-0.2, 0) is 0 Å². The summed E-state index contributed by atoms with van der Waals surface area (Å²) in [5.41, 5.74) is 0. The third-order valence-corrected chi connectivity index (χ3v) is 0. The summed E-state index contributed by atoms with van der Waals surface area (Å²) >= 11 is 0. The first-order valence-electron chi connectivity index (χ1n) is 0. The quantitative estimate of drug-likeness (QED) is 0.387. The van der Waals surface area contributed by atoms with Crippen molar-refractivity contribution in [3.05, 3.63) is 0 Å². The molecule has 0 aromatic heterocycles. The van der Waals surface area contributed by atoms with Gasteiger partial charge in [-0.25, -0.2) is 0 Å². The van der Waals surface area contributed by atoms with Crippen molar-refractivity contribution in [3.8, 4) is 0 Å². The Morgan fingerprint density at radius 1 is 0.222 bits per heavy atom. The Bertz CT molecular complexity index is 8.26. The number of hydrogen-bond acceptors (Lipinski definition) is 0. The Morgan fingerprint density at radius 2 is 0.222 bits per heavy atom. The summed E-state index contributed by atoms with van der Waals surface area (Å²) in [5, 5.41) is 0. The second kappa shape index (κ2) is 69.6. The molecular formula is Ca3Cl6. The smallest absolute Gasteiger partial charge is 1.00 e. The van der Waals surface area contributed by atoms with Crippen LogP contribution >= 0.6 is 0 Å². The molecule has 0 amide bonds. The predicted octanol–water partition coefficient (Wildman–Crippen LogP) is -19.1. The van der Waals surface area contributed by atoms with Crippen LogP contribution in [0.2, 0.25) is 0 Å². The molecule has 0 heterocycles. The Hall–Kier alpha value is 5.52. The summed E-state index contributed by atoms with van der Waals surface area (Å²) in [7, 11) is 0. The van der Waals surface area contributed by atoms with Crippen LogP contribution in [-0.4, -0.2) is 113 Å². The minimum absolute atomic E-state index is 0. The van der Waals surface area contributed by atoms with Crippen LogP contribution in [0.4, 0.5) is 0 Å². The van der Waals surface area contributed by atoms with Gasteiger partial charge in [-0.2, -0.15) is 0 Å². The van der Waals surface area contributed by atoms with E-state index in [0.29, 0.717) is 0 Å². The minimum atomic E-state index is 0. The van der Waals surface area contributed by atoms with Gasteiger partial charge in [0.1, 0.15) is 0 Å². The van der Waals surface area contributed by atoms with E-state index in [1.165, 1.54) is 0 Å². The van der Waals surface area contributed by atoms with Crippen LogP contribution in [0.25, 0.3) is 0 Å². The van der Waals surface area contributed by atoms with Gasteiger partial charge in [0, 0.05) is 0 Å². The molecule has 0 radical (unpaired) electrons. The molecule has 0 saturated carbocycles. The van der Waals surface area contributed by atoms with Crippen molar-refractivity contribution in [1.29, 1.82) is 0 Å². The van der Waals surface area contributed by atoms with Crippen molar-refractivity contribution in [2.75, 3.05) is 0 Å². The number of rotatable bonds is 0. The maximum absolute atomic E-state index is 0. The van der Waals surface area contributed by atoms with Gasteiger partial charge < -0.3 is 74.4 Å². The van der Waals surface area contributed by atoms with Gasteiger partial charge in [-0.1, -0.05) is 0 Å². The number of halogens is 6. The fourth-order valence-corrected chi connectivity index (χ4v) is 0. The average molecular weight is 333 g/mol. The van der Waals surface area contributed by atoms with Crippen LogP contribution in [0, 0.1) is 0 Å². The first kappa shape index (κ1) is 87.1. The topological polar surface area (TPSA) is 0 Å². The van der Waals surface area contributed by atoms with Gasteiger partial charge in [-0.05, 0) is 0 Å². The third-order valence-electron chi connectivity index (χ3n) is 0. The van der Waals surface area contributed by atoms with Gasteiger partial charge in [0.15, 0.2) is 0 Å². The van der Waals surface area contributed by atoms with Crippen molar-refractivity contribution in [2.45, 2.75) is 0 Å². The third kappa shape index (κ3) is 58.9. The monoisotopic (exact) mass is 330 g/mol. The van der Waals surface area contributed by atoms with Crippen LogP contribution < -0.4 is 74.4 Å². The molecule has 0 nitrogen and oxygen atoms in total. The SMILES string of the molecule is [Ca+2].[Ca+2].[Ca+2].[Cl-].[Cl-].[Cl-].[Cl-].[Cl-].[Cl-]. The van der Waals surface area contributed by atoms with Gasteiger partial charge >= 0.3 is 113 Å². The first-order chi connectivity index (χ1) is 0. The fraction of sp³-hybridized carbons (Fsp3) is 0. The van der Waals surface area contributed by atoms with Crippen LogP contribution in [0.3, 0.4) is 0 Å². The van der Waals surface area contributed by atoms with E-state index in [9.17, 15) is 0 Å². The molecule has 0 rings (SSSR count). The molecule has 0 spiro atoms. The van der Waals surface area contributed by atoms with E-state index >= 15 is 0 Å². The molecule has 0 saturated heterocycles. The standard InChI is InChI=1S/3Ca.6ClH/h;;;6*1H/q3*+2;;;;;;/p-6. The zero-order valence-corrected chi connectivity index (χ0v) is 15.5. The van der Waals surface area contributed by atoms with Crippen molar-refractivity contribution in [3.63, 3.8) is 0 Å². The molecular weight excluding hydrogens is 333 g/mol. The van der Waals surface area contributed by atoms with Crippen LogP contribution in [0.15, 0.2) is 0 Å². The predicted molar refractivity (Wildman–Crippen MR) is 17.3 cm³/mol. The summed E-state index contributed by atoms with van der Waals surface area (Å²) in [6, 6.07) is 0. The molecule has 0 aromatic carbocycles. The van der Waals surface area contributed by atoms with Crippen LogP contribution in [0.5, 0.6) is 0 Å². The normalized spacial score (nSPS) is 0. The molecule has 0 aliphatic heterocycles. The number of hydrogen-bond donors (Lipinski definition) is 0. The van der Waals surface area contributed by atoms with Crippen molar-refractivity contribution in [1.82, 2.24) is 0 Å².